The molecule has 19 heavy (non-hydrogen) atoms. The van der Waals surface area contributed by atoms with Gasteiger partial charge in [0.15, 0.2) is 17.3 Å². The lowest BCUT2D eigenvalue weighted by molar-refractivity contribution is -0.120. The minimum absolute atomic E-state index is 0.152. The SMILES string of the molecule is COCCC(=O)C(C#N)c1ccc2c(c1)OCCO2. The first-order valence-corrected chi connectivity index (χ1v) is 6.07. The fourth-order valence-electron chi connectivity index (χ4n) is 1.92. The zero-order chi connectivity index (χ0) is 13.7. The zero-order valence-electron chi connectivity index (χ0n) is 10.7. The second-order valence-corrected chi connectivity index (χ2v) is 4.17. The van der Waals surface area contributed by atoms with Gasteiger partial charge in [-0.3, -0.25) is 4.79 Å². The van der Waals surface area contributed by atoms with Crippen molar-refractivity contribution < 1.29 is 19.0 Å². The summed E-state index contributed by atoms with van der Waals surface area (Å²) in [5.74, 6) is 0.298. The number of Topliss-reactive ketones (excluding diaryl/α,β-unsaturated/α-hetero) is 1. The Morgan fingerprint density at radius 3 is 2.84 bits per heavy atom. The van der Waals surface area contributed by atoms with Crippen LogP contribution in [-0.4, -0.2) is 32.7 Å². The van der Waals surface area contributed by atoms with Crippen molar-refractivity contribution in [2.45, 2.75) is 12.3 Å². The third-order valence-corrected chi connectivity index (χ3v) is 2.90. The van der Waals surface area contributed by atoms with Crippen LogP contribution in [0.2, 0.25) is 0 Å². The van der Waals surface area contributed by atoms with E-state index >= 15 is 0 Å². The molecule has 0 saturated heterocycles. The number of ketones is 1. The summed E-state index contributed by atoms with van der Waals surface area (Å²) in [6.45, 7) is 1.31. The van der Waals surface area contributed by atoms with Crippen LogP contribution in [0.15, 0.2) is 18.2 Å². The van der Waals surface area contributed by atoms with Crippen molar-refractivity contribution in [3.8, 4) is 17.6 Å². The number of hydrogen-bond acceptors (Lipinski definition) is 5. The van der Waals surface area contributed by atoms with E-state index < -0.39 is 5.92 Å². The van der Waals surface area contributed by atoms with Crippen LogP contribution >= 0.6 is 0 Å². The predicted molar refractivity (Wildman–Crippen MR) is 67.3 cm³/mol. The van der Waals surface area contributed by atoms with E-state index in [0.29, 0.717) is 36.9 Å². The molecule has 0 spiro atoms. The highest BCUT2D eigenvalue weighted by molar-refractivity contribution is 5.88. The van der Waals surface area contributed by atoms with Gasteiger partial charge in [0.2, 0.25) is 0 Å². The van der Waals surface area contributed by atoms with E-state index in [4.69, 9.17) is 19.5 Å². The fraction of sp³-hybridized carbons (Fsp3) is 0.429. The van der Waals surface area contributed by atoms with Gasteiger partial charge in [-0.2, -0.15) is 5.26 Å². The Balaban J connectivity index is 2.19. The average Bonchev–Trinajstić information content (AvgIpc) is 2.45. The number of benzene rings is 1. The maximum atomic E-state index is 11.9. The number of nitriles is 1. The van der Waals surface area contributed by atoms with Gasteiger partial charge in [0.1, 0.15) is 19.1 Å². The molecule has 0 bridgehead atoms. The molecule has 1 unspecified atom stereocenters. The van der Waals surface area contributed by atoms with E-state index in [2.05, 4.69) is 0 Å². The number of nitrogens with zero attached hydrogens (tertiary/aromatic N) is 1. The van der Waals surface area contributed by atoms with Gasteiger partial charge in [-0.05, 0) is 17.7 Å². The van der Waals surface area contributed by atoms with Crippen LogP contribution in [0, 0.1) is 11.3 Å². The second-order valence-electron chi connectivity index (χ2n) is 4.17. The Morgan fingerprint density at radius 2 is 2.16 bits per heavy atom. The van der Waals surface area contributed by atoms with E-state index in [1.165, 1.54) is 7.11 Å². The standard InChI is InChI=1S/C14H15NO4/c1-17-5-4-12(16)11(9-15)10-2-3-13-14(8-10)19-7-6-18-13/h2-3,8,11H,4-7H2,1H3. The highest BCUT2D eigenvalue weighted by atomic mass is 16.6. The summed E-state index contributed by atoms with van der Waals surface area (Å²) in [5.41, 5.74) is 0.632. The normalized spacial score (nSPS) is 14.5. The molecule has 0 N–H and O–H groups in total. The molecule has 2 rings (SSSR count). The molecule has 1 aromatic rings. The Kier molecular flexibility index (Phi) is 4.37. The Morgan fingerprint density at radius 1 is 1.42 bits per heavy atom. The maximum Gasteiger partial charge on any atom is 0.161 e. The Labute approximate surface area is 111 Å². The molecule has 5 heteroatoms. The third-order valence-electron chi connectivity index (χ3n) is 2.90. The number of carbonyl (C=O) groups excluding carboxylic acids is 1. The molecule has 0 saturated carbocycles. The maximum absolute atomic E-state index is 11.9. The predicted octanol–water partition coefficient (Wildman–Crippen LogP) is 1.67. The van der Waals surface area contributed by atoms with Crippen LogP contribution in [0.3, 0.4) is 0 Å². The van der Waals surface area contributed by atoms with E-state index in [1.54, 1.807) is 18.2 Å². The minimum atomic E-state index is -0.786. The van der Waals surface area contributed by atoms with Crippen molar-refractivity contribution in [2.24, 2.45) is 0 Å². The molecule has 1 aromatic carbocycles. The van der Waals surface area contributed by atoms with Crippen molar-refractivity contribution in [1.29, 1.82) is 5.26 Å². The van der Waals surface area contributed by atoms with Crippen LogP contribution in [0.25, 0.3) is 0 Å². The van der Waals surface area contributed by atoms with Crippen molar-refractivity contribution in [1.82, 2.24) is 0 Å². The number of hydrogen-bond donors (Lipinski definition) is 0. The van der Waals surface area contributed by atoms with Crippen molar-refractivity contribution in [3.05, 3.63) is 23.8 Å². The molecular weight excluding hydrogens is 246 g/mol. The molecule has 1 aliphatic heterocycles. The summed E-state index contributed by atoms with van der Waals surface area (Å²) >= 11 is 0. The third kappa shape index (κ3) is 3.04. The van der Waals surface area contributed by atoms with Gasteiger partial charge in [0.05, 0.1) is 12.7 Å². The lowest BCUT2D eigenvalue weighted by atomic mass is 9.94. The minimum Gasteiger partial charge on any atom is -0.486 e. The van der Waals surface area contributed by atoms with Crippen molar-refractivity contribution in [2.75, 3.05) is 26.9 Å². The molecular formula is C14H15NO4. The summed E-state index contributed by atoms with van der Waals surface area (Å²) in [4.78, 5) is 11.9. The number of fused-ring (bicyclic) bond motifs is 1. The molecule has 1 aliphatic rings. The number of carbonyl (C=O) groups is 1. The molecule has 0 radical (unpaired) electrons. The topological polar surface area (TPSA) is 68.6 Å². The molecule has 5 nitrogen and oxygen atoms in total. The fourth-order valence-corrected chi connectivity index (χ4v) is 1.92. The van der Waals surface area contributed by atoms with E-state index in [9.17, 15) is 4.79 Å². The summed E-state index contributed by atoms with van der Waals surface area (Å²) in [7, 11) is 1.53. The zero-order valence-corrected chi connectivity index (χ0v) is 10.7. The van der Waals surface area contributed by atoms with Crippen molar-refractivity contribution >= 4 is 5.78 Å². The summed E-state index contributed by atoms with van der Waals surface area (Å²) < 4.78 is 15.7. The quantitative estimate of drug-likeness (QED) is 0.806. The second kappa shape index (κ2) is 6.21. The van der Waals surface area contributed by atoms with E-state index in [1.807, 2.05) is 6.07 Å². The first-order valence-electron chi connectivity index (χ1n) is 6.07. The van der Waals surface area contributed by atoms with Gasteiger partial charge >= 0.3 is 0 Å². The lowest BCUT2D eigenvalue weighted by Crippen LogP contribution is -2.17. The Bertz CT molecular complexity index is 507. The largest absolute Gasteiger partial charge is 0.486 e. The van der Waals surface area contributed by atoms with E-state index in [-0.39, 0.29) is 12.2 Å². The van der Waals surface area contributed by atoms with Crippen LogP contribution in [-0.2, 0) is 9.53 Å². The average molecular weight is 261 g/mol. The van der Waals surface area contributed by atoms with Crippen LogP contribution in [0.5, 0.6) is 11.5 Å². The van der Waals surface area contributed by atoms with Gasteiger partial charge in [-0.1, -0.05) is 6.07 Å². The monoisotopic (exact) mass is 261 g/mol. The van der Waals surface area contributed by atoms with E-state index in [0.717, 1.165) is 0 Å². The van der Waals surface area contributed by atoms with Crippen LogP contribution in [0.1, 0.15) is 17.9 Å². The highest BCUT2D eigenvalue weighted by Crippen LogP contribution is 2.33. The van der Waals surface area contributed by atoms with Gasteiger partial charge in [0, 0.05) is 13.5 Å². The molecule has 0 amide bonds. The number of methoxy groups -OCH3 is 1. The molecule has 0 aliphatic carbocycles. The molecule has 0 aromatic heterocycles. The lowest BCUT2D eigenvalue weighted by Gasteiger charge is -2.19. The molecule has 1 atom stereocenters. The molecule has 100 valence electrons. The van der Waals surface area contributed by atoms with Gasteiger partial charge < -0.3 is 14.2 Å². The van der Waals surface area contributed by atoms with Gasteiger partial charge in [0.25, 0.3) is 0 Å². The molecule has 1 heterocycles. The van der Waals surface area contributed by atoms with Crippen molar-refractivity contribution in [3.63, 3.8) is 0 Å². The van der Waals surface area contributed by atoms with Crippen LogP contribution in [0.4, 0.5) is 0 Å². The number of ether oxygens (including phenoxy) is 3. The number of rotatable bonds is 5. The summed E-state index contributed by atoms with van der Waals surface area (Å²) in [5, 5.41) is 9.17. The smallest absolute Gasteiger partial charge is 0.161 e. The van der Waals surface area contributed by atoms with Crippen LogP contribution < -0.4 is 9.47 Å². The summed E-state index contributed by atoms with van der Waals surface area (Å²) in [6.07, 6.45) is 0.225. The Hall–Kier alpha value is -2.06. The first kappa shape index (κ1) is 13.4. The first-order chi connectivity index (χ1) is 9.26. The van der Waals surface area contributed by atoms with Gasteiger partial charge in [-0.25, -0.2) is 0 Å². The molecule has 0 fully saturated rings. The summed E-state index contributed by atoms with van der Waals surface area (Å²) in [6, 6.07) is 7.20. The highest BCUT2D eigenvalue weighted by Gasteiger charge is 2.22. The van der Waals surface area contributed by atoms with Gasteiger partial charge in [-0.15, -0.1) is 0 Å².